The van der Waals surface area contributed by atoms with Crippen molar-refractivity contribution >= 4 is 46.4 Å². The van der Waals surface area contributed by atoms with Gasteiger partial charge in [0.1, 0.15) is 0 Å². The van der Waals surface area contributed by atoms with Gasteiger partial charge in [-0.25, -0.2) is 0 Å². The summed E-state index contributed by atoms with van der Waals surface area (Å²) in [6.45, 7) is 0. The van der Waals surface area contributed by atoms with E-state index in [4.69, 9.17) is 51.5 Å². The first-order valence-corrected chi connectivity index (χ1v) is 3.52. The first-order chi connectivity index (χ1) is 3.95. The summed E-state index contributed by atoms with van der Waals surface area (Å²) >= 11 is 21.2. The van der Waals surface area contributed by atoms with E-state index in [-0.39, 0.29) is 11.5 Å². The zero-order chi connectivity index (χ0) is 7.49. The molecule has 0 aromatic heterocycles. The van der Waals surface area contributed by atoms with Gasteiger partial charge in [-0.3, -0.25) is 0 Å². The van der Waals surface area contributed by atoms with Gasteiger partial charge in [0.25, 0.3) is 0 Å². The lowest BCUT2D eigenvalue weighted by Gasteiger charge is -2.07. The molecular formula is C4H4Cl4O. The van der Waals surface area contributed by atoms with E-state index in [2.05, 4.69) is 0 Å². The first-order valence-electron chi connectivity index (χ1n) is 2.01. The monoisotopic (exact) mass is 208 g/mol. The van der Waals surface area contributed by atoms with Gasteiger partial charge in [-0.2, -0.15) is 0 Å². The Morgan fingerprint density at radius 2 is 1.89 bits per heavy atom. The molecule has 9 heavy (non-hydrogen) atoms. The van der Waals surface area contributed by atoms with Gasteiger partial charge < -0.3 is 5.11 Å². The van der Waals surface area contributed by atoms with Gasteiger partial charge in [-0.1, -0.05) is 46.4 Å². The van der Waals surface area contributed by atoms with E-state index >= 15 is 0 Å². The molecule has 0 aliphatic rings. The standard InChI is InChI=1S/C4H4Cl4O/c5-3(2-9)1-4(6,7)8/h2,9H,1H2. The molecule has 0 aliphatic carbocycles. The normalized spacial score (nSPS) is 14.0. The maximum atomic E-state index is 8.23. The third kappa shape index (κ3) is 6.59. The molecule has 0 aromatic rings. The number of hydrogen-bond donors (Lipinski definition) is 1. The highest BCUT2D eigenvalue weighted by molar-refractivity contribution is 6.67. The third-order valence-electron chi connectivity index (χ3n) is 0.509. The molecule has 0 spiro atoms. The average molecular weight is 210 g/mol. The number of alkyl halides is 3. The Bertz CT molecular complexity index is 114. The van der Waals surface area contributed by atoms with Gasteiger partial charge in [0.05, 0.1) is 11.3 Å². The van der Waals surface area contributed by atoms with Crippen LogP contribution >= 0.6 is 46.4 Å². The van der Waals surface area contributed by atoms with E-state index in [1.54, 1.807) is 0 Å². The Kier molecular flexibility index (Phi) is 4.06. The number of rotatable bonds is 1. The van der Waals surface area contributed by atoms with Gasteiger partial charge in [0.15, 0.2) is 3.79 Å². The van der Waals surface area contributed by atoms with Crippen LogP contribution in [0.1, 0.15) is 6.42 Å². The molecular weight excluding hydrogens is 206 g/mol. The van der Waals surface area contributed by atoms with Crippen molar-refractivity contribution < 1.29 is 5.11 Å². The summed E-state index contributed by atoms with van der Waals surface area (Å²) < 4.78 is -1.42. The summed E-state index contributed by atoms with van der Waals surface area (Å²) in [5.41, 5.74) is 0. The Labute approximate surface area is 73.2 Å². The van der Waals surface area contributed by atoms with Crippen molar-refractivity contribution in [1.29, 1.82) is 0 Å². The SMILES string of the molecule is OC=C(Cl)CC(Cl)(Cl)Cl. The Hall–Kier alpha value is 0.700. The summed E-state index contributed by atoms with van der Waals surface area (Å²) in [7, 11) is 0. The maximum absolute atomic E-state index is 8.23. The number of hydrogen-bond acceptors (Lipinski definition) is 1. The van der Waals surface area contributed by atoms with Gasteiger partial charge in [-0.15, -0.1) is 0 Å². The predicted molar refractivity (Wildman–Crippen MR) is 41.5 cm³/mol. The van der Waals surface area contributed by atoms with Crippen molar-refractivity contribution in [2.45, 2.75) is 10.2 Å². The van der Waals surface area contributed by atoms with E-state index in [0.717, 1.165) is 0 Å². The molecule has 0 amide bonds. The van der Waals surface area contributed by atoms with Crippen molar-refractivity contribution in [2.24, 2.45) is 0 Å². The fraction of sp³-hybridized carbons (Fsp3) is 0.500. The van der Waals surface area contributed by atoms with Gasteiger partial charge in [-0.05, 0) is 0 Å². The third-order valence-corrected chi connectivity index (χ3v) is 1.14. The molecule has 0 radical (unpaired) electrons. The molecule has 0 saturated heterocycles. The van der Waals surface area contributed by atoms with Crippen LogP contribution in [0.25, 0.3) is 0 Å². The van der Waals surface area contributed by atoms with Crippen LogP contribution in [0.3, 0.4) is 0 Å². The van der Waals surface area contributed by atoms with Crippen LogP contribution in [0.5, 0.6) is 0 Å². The second-order valence-electron chi connectivity index (χ2n) is 1.37. The van der Waals surface area contributed by atoms with Crippen molar-refractivity contribution in [3.63, 3.8) is 0 Å². The van der Waals surface area contributed by atoms with Crippen molar-refractivity contribution in [1.82, 2.24) is 0 Å². The average Bonchev–Trinajstić information content (AvgIpc) is 1.62. The molecule has 1 nitrogen and oxygen atoms in total. The lowest BCUT2D eigenvalue weighted by atomic mass is 10.5. The summed E-state index contributed by atoms with van der Waals surface area (Å²) in [4.78, 5) is 0. The lowest BCUT2D eigenvalue weighted by Crippen LogP contribution is -2.00. The molecule has 54 valence electrons. The van der Waals surface area contributed by atoms with Crippen LogP contribution < -0.4 is 0 Å². The molecule has 0 saturated carbocycles. The summed E-state index contributed by atoms with van der Waals surface area (Å²) in [5.74, 6) is 0. The van der Waals surface area contributed by atoms with Crippen LogP contribution in [-0.4, -0.2) is 8.90 Å². The maximum Gasteiger partial charge on any atom is 0.195 e. The molecule has 0 rings (SSSR count). The Morgan fingerprint density at radius 1 is 1.44 bits per heavy atom. The second kappa shape index (κ2) is 3.77. The minimum absolute atomic E-state index is 0.0235. The van der Waals surface area contributed by atoms with E-state index in [0.29, 0.717) is 6.26 Å². The minimum Gasteiger partial charge on any atom is -0.514 e. The highest BCUT2D eigenvalue weighted by Gasteiger charge is 2.20. The summed E-state index contributed by atoms with van der Waals surface area (Å²) in [5, 5.41) is 8.35. The summed E-state index contributed by atoms with van der Waals surface area (Å²) in [6, 6.07) is 0. The molecule has 0 bridgehead atoms. The number of aliphatic hydroxyl groups excluding tert-OH is 1. The van der Waals surface area contributed by atoms with Gasteiger partial charge in [0, 0.05) is 6.42 Å². The van der Waals surface area contributed by atoms with Crippen LogP contribution in [0.4, 0.5) is 0 Å². The van der Waals surface area contributed by atoms with Crippen LogP contribution in [0, 0.1) is 0 Å². The highest BCUT2D eigenvalue weighted by Crippen LogP contribution is 2.34. The Balaban J connectivity index is 3.75. The topological polar surface area (TPSA) is 20.2 Å². The van der Waals surface area contributed by atoms with E-state index in [9.17, 15) is 0 Å². The number of halogens is 4. The van der Waals surface area contributed by atoms with Crippen molar-refractivity contribution in [3.8, 4) is 0 Å². The molecule has 0 aliphatic heterocycles. The second-order valence-corrected chi connectivity index (χ2v) is 4.37. The molecule has 0 atom stereocenters. The van der Waals surface area contributed by atoms with Gasteiger partial charge in [0.2, 0.25) is 0 Å². The van der Waals surface area contributed by atoms with Crippen LogP contribution in [0.15, 0.2) is 11.3 Å². The van der Waals surface area contributed by atoms with E-state index in [1.165, 1.54) is 0 Å². The quantitative estimate of drug-likeness (QED) is 0.519. The summed E-state index contributed by atoms with van der Waals surface area (Å²) in [6.07, 6.45) is 0.721. The highest BCUT2D eigenvalue weighted by atomic mass is 35.6. The largest absolute Gasteiger partial charge is 0.514 e. The van der Waals surface area contributed by atoms with Crippen molar-refractivity contribution in [2.75, 3.05) is 0 Å². The van der Waals surface area contributed by atoms with E-state index < -0.39 is 3.79 Å². The van der Waals surface area contributed by atoms with Crippen LogP contribution in [0.2, 0.25) is 0 Å². The fourth-order valence-electron chi connectivity index (χ4n) is 0.237. The van der Waals surface area contributed by atoms with E-state index in [1.807, 2.05) is 0 Å². The smallest absolute Gasteiger partial charge is 0.195 e. The molecule has 0 heterocycles. The molecule has 0 aromatic carbocycles. The zero-order valence-electron chi connectivity index (χ0n) is 4.24. The predicted octanol–water partition coefficient (Wildman–Crippen LogP) is 3.38. The first kappa shape index (κ1) is 9.70. The molecule has 1 N–H and O–H groups in total. The Morgan fingerprint density at radius 3 is 2.00 bits per heavy atom. The number of allylic oxidation sites excluding steroid dienone is 1. The number of aliphatic hydroxyl groups is 1. The minimum atomic E-state index is -1.42. The zero-order valence-corrected chi connectivity index (χ0v) is 7.27. The molecule has 0 fully saturated rings. The van der Waals surface area contributed by atoms with Gasteiger partial charge >= 0.3 is 0 Å². The lowest BCUT2D eigenvalue weighted by molar-refractivity contribution is 0.469. The molecule has 5 heteroatoms. The van der Waals surface area contributed by atoms with Crippen LogP contribution in [-0.2, 0) is 0 Å². The fourth-order valence-corrected chi connectivity index (χ4v) is 1.07. The van der Waals surface area contributed by atoms with Crippen molar-refractivity contribution in [3.05, 3.63) is 11.3 Å². The molecule has 0 unspecified atom stereocenters.